The SMILES string of the molecule is C[C@@H](COc1ccnc2c1[C@H](C)CCC2)C[C@H]1Cc2cc3c(cc2C12CCC(Nc1cccc(Cl)c1)(C(=O)O)CC2)OC(CN(C)C)O3. The molecule has 4 atom stereocenters. The first kappa shape index (κ1) is 33.0. The van der Waals surface area contributed by atoms with E-state index in [-0.39, 0.29) is 11.7 Å². The molecule has 0 bridgehead atoms. The summed E-state index contributed by atoms with van der Waals surface area (Å²) >= 11 is 6.28. The van der Waals surface area contributed by atoms with Gasteiger partial charge in [-0.25, -0.2) is 4.79 Å². The zero-order chi connectivity index (χ0) is 33.6. The average molecular weight is 674 g/mol. The van der Waals surface area contributed by atoms with Gasteiger partial charge in [-0.05, 0) is 143 Å². The second-order valence-corrected chi connectivity index (χ2v) is 15.5. The minimum Gasteiger partial charge on any atom is -0.493 e. The summed E-state index contributed by atoms with van der Waals surface area (Å²) in [6, 6.07) is 13.8. The Bertz CT molecular complexity index is 1670. The van der Waals surface area contributed by atoms with Gasteiger partial charge >= 0.3 is 5.97 Å². The van der Waals surface area contributed by atoms with Crippen molar-refractivity contribution in [1.82, 2.24) is 9.88 Å². The Morgan fingerprint density at radius 2 is 1.92 bits per heavy atom. The number of carboxylic acids is 1. The predicted molar refractivity (Wildman–Crippen MR) is 188 cm³/mol. The van der Waals surface area contributed by atoms with Crippen molar-refractivity contribution in [2.45, 2.75) is 94.8 Å². The lowest BCUT2D eigenvalue weighted by Crippen LogP contribution is -2.53. The molecule has 2 aromatic carbocycles. The number of fused-ring (bicyclic) bond motifs is 4. The fourth-order valence-corrected chi connectivity index (χ4v) is 9.17. The number of pyridine rings is 1. The highest BCUT2D eigenvalue weighted by molar-refractivity contribution is 6.30. The number of nitrogens with zero attached hydrogens (tertiary/aromatic N) is 2. The minimum absolute atomic E-state index is 0.166. The first-order chi connectivity index (χ1) is 23.0. The normalized spacial score (nSPS) is 27.8. The van der Waals surface area contributed by atoms with E-state index in [2.05, 4.69) is 41.2 Å². The number of aromatic nitrogens is 1. The van der Waals surface area contributed by atoms with Crippen LogP contribution in [0.5, 0.6) is 17.2 Å². The molecule has 8 nitrogen and oxygen atoms in total. The highest BCUT2D eigenvalue weighted by Gasteiger charge is 2.54. The molecule has 1 saturated carbocycles. The third-order valence-electron chi connectivity index (χ3n) is 11.4. The van der Waals surface area contributed by atoms with Crippen molar-refractivity contribution in [2.24, 2.45) is 11.8 Å². The van der Waals surface area contributed by atoms with Crippen molar-refractivity contribution in [3.05, 3.63) is 76.1 Å². The Morgan fingerprint density at radius 3 is 2.65 bits per heavy atom. The zero-order valence-corrected chi connectivity index (χ0v) is 29.3. The summed E-state index contributed by atoms with van der Waals surface area (Å²) in [4.78, 5) is 19.7. The lowest BCUT2D eigenvalue weighted by Gasteiger charge is -2.47. The Balaban J connectivity index is 1.14. The molecule has 1 fully saturated rings. The maximum absolute atomic E-state index is 12.9. The molecule has 0 saturated heterocycles. The summed E-state index contributed by atoms with van der Waals surface area (Å²) in [5, 5.41) is 14.6. The van der Waals surface area contributed by atoms with E-state index in [0.29, 0.717) is 48.8 Å². The quantitative estimate of drug-likeness (QED) is 0.225. The number of likely N-dealkylation sites (N-methyl/N-ethyl adjacent to an activating group) is 1. The monoisotopic (exact) mass is 673 g/mol. The largest absolute Gasteiger partial charge is 0.493 e. The lowest BCUT2D eigenvalue weighted by molar-refractivity contribution is -0.144. The van der Waals surface area contributed by atoms with Gasteiger partial charge in [0, 0.05) is 28.2 Å². The molecule has 1 aliphatic heterocycles. The van der Waals surface area contributed by atoms with Gasteiger partial charge < -0.3 is 29.5 Å². The first-order valence-electron chi connectivity index (χ1n) is 17.6. The van der Waals surface area contributed by atoms with Crippen LogP contribution in [0, 0.1) is 11.8 Å². The van der Waals surface area contributed by atoms with E-state index in [1.807, 2.05) is 38.5 Å². The van der Waals surface area contributed by atoms with Gasteiger partial charge in [0.2, 0.25) is 0 Å². The number of ether oxygens (including phenoxy) is 3. The second kappa shape index (κ2) is 13.1. The van der Waals surface area contributed by atoms with Crippen molar-refractivity contribution in [1.29, 1.82) is 0 Å². The molecule has 256 valence electrons. The number of nitrogens with one attached hydrogen (secondary N) is 1. The van der Waals surface area contributed by atoms with Crippen LogP contribution in [0.4, 0.5) is 5.69 Å². The number of carbonyl (C=O) groups is 1. The molecule has 7 rings (SSSR count). The van der Waals surface area contributed by atoms with E-state index in [1.165, 1.54) is 35.2 Å². The lowest BCUT2D eigenvalue weighted by atomic mass is 9.59. The molecule has 48 heavy (non-hydrogen) atoms. The fourth-order valence-electron chi connectivity index (χ4n) is 8.98. The van der Waals surface area contributed by atoms with Crippen molar-refractivity contribution in [2.75, 3.05) is 32.6 Å². The molecule has 3 aromatic rings. The number of carboxylic acid groups (broad SMARTS) is 1. The Hall–Kier alpha value is -3.49. The smallest absolute Gasteiger partial charge is 0.329 e. The van der Waals surface area contributed by atoms with Crippen LogP contribution in [0.15, 0.2) is 48.7 Å². The third kappa shape index (κ3) is 6.22. The van der Waals surface area contributed by atoms with Gasteiger partial charge in [-0.15, -0.1) is 0 Å². The predicted octanol–water partition coefficient (Wildman–Crippen LogP) is 7.86. The van der Waals surface area contributed by atoms with Gasteiger partial charge in [0.25, 0.3) is 6.29 Å². The van der Waals surface area contributed by atoms with Crippen LogP contribution in [0.3, 0.4) is 0 Å². The number of hydrogen-bond acceptors (Lipinski definition) is 7. The Kier molecular flexibility index (Phi) is 9.01. The maximum atomic E-state index is 12.9. The van der Waals surface area contributed by atoms with Crippen LogP contribution in [0.1, 0.15) is 87.1 Å². The number of rotatable bonds is 10. The summed E-state index contributed by atoms with van der Waals surface area (Å²) < 4.78 is 19.1. The Morgan fingerprint density at radius 1 is 1.15 bits per heavy atom. The molecule has 1 spiro atoms. The molecule has 0 amide bonds. The fraction of sp³-hybridized carbons (Fsp3) is 0.538. The van der Waals surface area contributed by atoms with Gasteiger partial charge in [0.15, 0.2) is 11.5 Å². The molecule has 4 aliphatic rings. The van der Waals surface area contributed by atoms with Gasteiger partial charge in [-0.2, -0.15) is 0 Å². The molecule has 0 radical (unpaired) electrons. The van der Waals surface area contributed by atoms with Crippen LogP contribution in [-0.2, 0) is 23.1 Å². The molecule has 2 N–H and O–H groups in total. The topological polar surface area (TPSA) is 93.2 Å². The zero-order valence-electron chi connectivity index (χ0n) is 28.6. The molecule has 2 heterocycles. The third-order valence-corrected chi connectivity index (χ3v) is 11.6. The number of hydrogen-bond donors (Lipinski definition) is 2. The first-order valence-corrected chi connectivity index (χ1v) is 18.0. The van der Waals surface area contributed by atoms with Crippen LogP contribution >= 0.6 is 11.6 Å². The van der Waals surface area contributed by atoms with Gasteiger partial charge in [-0.1, -0.05) is 31.5 Å². The highest BCUT2D eigenvalue weighted by Crippen LogP contribution is 2.58. The Labute approximate surface area is 289 Å². The van der Waals surface area contributed by atoms with E-state index in [0.717, 1.165) is 55.0 Å². The summed E-state index contributed by atoms with van der Waals surface area (Å²) in [5.74, 6) is 2.88. The molecular formula is C39H48ClN3O5. The number of aliphatic carboxylic acids is 1. The summed E-state index contributed by atoms with van der Waals surface area (Å²) in [5.41, 5.74) is 4.56. The van der Waals surface area contributed by atoms with Crippen LogP contribution in [0.2, 0.25) is 5.02 Å². The van der Waals surface area contributed by atoms with Crippen molar-refractivity contribution in [3.63, 3.8) is 0 Å². The highest BCUT2D eigenvalue weighted by atomic mass is 35.5. The van der Waals surface area contributed by atoms with Crippen LogP contribution < -0.4 is 19.5 Å². The van der Waals surface area contributed by atoms with E-state index < -0.39 is 11.5 Å². The number of halogens is 1. The molecule has 9 heteroatoms. The van der Waals surface area contributed by atoms with E-state index in [4.69, 9.17) is 25.8 Å². The number of benzene rings is 2. The van der Waals surface area contributed by atoms with Crippen molar-refractivity contribution >= 4 is 23.3 Å². The molecule has 3 aliphatic carbocycles. The molecule has 1 aromatic heterocycles. The average Bonchev–Trinajstić information content (AvgIpc) is 3.56. The van der Waals surface area contributed by atoms with Crippen molar-refractivity contribution < 1.29 is 24.1 Å². The van der Waals surface area contributed by atoms with E-state index in [9.17, 15) is 9.90 Å². The second-order valence-electron chi connectivity index (χ2n) is 15.1. The van der Waals surface area contributed by atoms with Gasteiger partial charge in [0.05, 0.1) is 13.2 Å². The minimum atomic E-state index is -1.07. The van der Waals surface area contributed by atoms with Crippen LogP contribution in [-0.4, -0.2) is 60.0 Å². The summed E-state index contributed by atoms with van der Waals surface area (Å²) in [7, 11) is 4.02. The van der Waals surface area contributed by atoms with Crippen molar-refractivity contribution in [3.8, 4) is 17.2 Å². The van der Waals surface area contributed by atoms with Gasteiger partial charge in [0.1, 0.15) is 11.3 Å². The number of aryl methyl sites for hydroxylation is 1. The molecular weight excluding hydrogens is 626 g/mol. The van der Waals surface area contributed by atoms with E-state index >= 15 is 0 Å². The van der Waals surface area contributed by atoms with Crippen LogP contribution in [0.25, 0.3) is 0 Å². The van der Waals surface area contributed by atoms with E-state index in [1.54, 1.807) is 12.1 Å². The summed E-state index contributed by atoms with van der Waals surface area (Å²) in [6.07, 6.45) is 9.37. The van der Waals surface area contributed by atoms with Gasteiger partial charge in [-0.3, -0.25) is 4.98 Å². The molecule has 1 unspecified atom stereocenters. The maximum Gasteiger partial charge on any atom is 0.329 e. The standard InChI is InChI=1S/C39H48ClN3O5/c1-24(23-46-32-11-16-41-31-10-5-7-25(2)36(31)32)17-27-18-26-19-33-34(48-35(47-33)22-43(3)4)21-30(26)38(27)12-14-39(15-13-38,37(44)45)42-29-9-6-8-28(40)20-29/h6,8-9,11,16,19-21,24-25,27,35,42H,5,7,10,12-15,17-18,22-23H2,1-4H3,(H,44,45)/t24-,25-,27+,35?,38?,39?/m1/s1. The summed E-state index contributed by atoms with van der Waals surface area (Å²) in [6.45, 7) is 5.87. The number of anilines is 1.